The first-order valence-electron chi connectivity index (χ1n) is 6.24. The zero-order valence-corrected chi connectivity index (χ0v) is 10.0. The minimum absolute atomic E-state index is 0.518. The lowest BCUT2D eigenvalue weighted by atomic mass is 9.98. The van der Waals surface area contributed by atoms with E-state index in [2.05, 4.69) is 27.1 Å². The van der Waals surface area contributed by atoms with Gasteiger partial charge in [-0.25, -0.2) is 4.98 Å². The molecule has 2 rings (SSSR count). The number of rotatable bonds is 5. The highest BCUT2D eigenvalue weighted by Crippen LogP contribution is 2.10. The fourth-order valence-electron chi connectivity index (χ4n) is 2.23. The van der Waals surface area contributed by atoms with Crippen LogP contribution < -0.4 is 10.6 Å². The second-order valence-electron chi connectivity index (χ2n) is 4.76. The van der Waals surface area contributed by atoms with Gasteiger partial charge < -0.3 is 15.2 Å². The minimum Gasteiger partial charge on any atom is -0.336 e. The first-order chi connectivity index (χ1) is 7.84. The van der Waals surface area contributed by atoms with E-state index in [9.17, 15) is 0 Å². The van der Waals surface area contributed by atoms with Crippen LogP contribution in [0.3, 0.4) is 0 Å². The number of hydrogen-bond acceptors (Lipinski definition) is 3. The number of nitrogens with zero attached hydrogens (tertiary/aromatic N) is 2. The van der Waals surface area contributed by atoms with Crippen LogP contribution in [0.1, 0.15) is 19.8 Å². The van der Waals surface area contributed by atoms with Crippen molar-refractivity contribution in [3.05, 3.63) is 18.7 Å². The molecule has 0 spiro atoms. The Balaban J connectivity index is 1.65. The lowest BCUT2D eigenvalue weighted by Crippen LogP contribution is -2.38. The van der Waals surface area contributed by atoms with Crippen LogP contribution in [0.25, 0.3) is 0 Å². The predicted octanol–water partition coefficient (Wildman–Crippen LogP) is 0.861. The Hall–Kier alpha value is -0.870. The Morgan fingerprint density at radius 2 is 2.31 bits per heavy atom. The molecule has 1 aromatic heterocycles. The van der Waals surface area contributed by atoms with Crippen LogP contribution in [0.2, 0.25) is 0 Å². The Kier molecular flexibility index (Phi) is 4.36. The molecule has 0 amide bonds. The molecule has 90 valence electrons. The first kappa shape index (κ1) is 11.6. The summed E-state index contributed by atoms with van der Waals surface area (Å²) in [5.74, 6) is 0.853. The number of piperidine rings is 1. The molecule has 1 atom stereocenters. The summed E-state index contributed by atoms with van der Waals surface area (Å²) >= 11 is 0. The zero-order valence-electron chi connectivity index (χ0n) is 10.0. The van der Waals surface area contributed by atoms with Crippen molar-refractivity contribution in [1.82, 2.24) is 20.2 Å². The molecule has 1 unspecified atom stereocenters. The van der Waals surface area contributed by atoms with Crippen LogP contribution in [0, 0.1) is 5.92 Å². The monoisotopic (exact) mass is 222 g/mol. The summed E-state index contributed by atoms with van der Waals surface area (Å²) < 4.78 is 2.13. The molecule has 0 aliphatic carbocycles. The van der Waals surface area contributed by atoms with Gasteiger partial charge in [-0.2, -0.15) is 0 Å². The van der Waals surface area contributed by atoms with Crippen molar-refractivity contribution in [3.63, 3.8) is 0 Å². The maximum absolute atomic E-state index is 4.05. The van der Waals surface area contributed by atoms with Gasteiger partial charge in [0.25, 0.3) is 0 Å². The van der Waals surface area contributed by atoms with Crippen molar-refractivity contribution in [3.8, 4) is 0 Å². The van der Waals surface area contributed by atoms with Crippen molar-refractivity contribution >= 4 is 0 Å². The van der Waals surface area contributed by atoms with Crippen LogP contribution in [0.4, 0.5) is 0 Å². The Morgan fingerprint density at radius 3 is 3.00 bits per heavy atom. The fraction of sp³-hybridized carbons (Fsp3) is 0.750. The molecule has 16 heavy (non-hydrogen) atoms. The van der Waals surface area contributed by atoms with E-state index in [1.165, 1.54) is 25.9 Å². The summed E-state index contributed by atoms with van der Waals surface area (Å²) in [6, 6.07) is 0.518. The molecular weight excluding hydrogens is 200 g/mol. The largest absolute Gasteiger partial charge is 0.336 e. The fourth-order valence-corrected chi connectivity index (χ4v) is 2.23. The second kappa shape index (κ2) is 6.01. The van der Waals surface area contributed by atoms with E-state index in [1.54, 1.807) is 0 Å². The van der Waals surface area contributed by atoms with Gasteiger partial charge in [0.2, 0.25) is 0 Å². The molecule has 1 saturated heterocycles. The van der Waals surface area contributed by atoms with Gasteiger partial charge in [0.05, 0.1) is 6.33 Å². The lowest BCUT2D eigenvalue weighted by molar-refractivity contribution is 0.335. The Bertz CT molecular complexity index is 277. The average molecular weight is 222 g/mol. The third-order valence-corrected chi connectivity index (χ3v) is 3.26. The second-order valence-corrected chi connectivity index (χ2v) is 4.76. The van der Waals surface area contributed by atoms with Gasteiger partial charge in [0.1, 0.15) is 0 Å². The van der Waals surface area contributed by atoms with E-state index in [1.807, 2.05) is 18.7 Å². The maximum Gasteiger partial charge on any atom is 0.0946 e. The molecule has 0 saturated carbocycles. The van der Waals surface area contributed by atoms with Crippen LogP contribution in [-0.2, 0) is 6.54 Å². The first-order valence-corrected chi connectivity index (χ1v) is 6.24. The van der Waals surface area contributed by atoms with Gasteiger partial charge in [-0.1, -0.05) is 0 Å². The highest BCUT2D eigenvalue weighted by Gasteiger charge is 2.13. The summed E-state index contributed by atoms with van der Waals surface area (Å²) in [6.07, 6.45) is 8.35. The van der Waals surface area contributed by atoms with Crippen LogP contribution >= 0.6 is 0 Å². The quantitative estimate of drug-likeness (QED) is 0.776. The minimum atomic E-state index is 0.518. The van der Waals surface area contributed by atoms with E-state index >= 15 is 0 Å². The maximum atomic E-state index is 4.05. The SMILES string of the molecule is CC(Cn1ccnc1)NCC1CCNCC1. The number of aromatic nitrogens is 2. The van der Waals surface area contributed by atoms with Crippen molar-refractivity contribution in [1.29, 1.82) is 0 Å². The standard InChI is InChI=1S/C12H22N4/c1-11(9-16-7-6-14-10-16)15-8-12-2-4-13-5-3-12/h6-7,10-13,15H,2-5,8-9H2,1H3. The summed E-state index contributed by atoms with van der Waals surface area (Å²) in [5, 5.41) is 7.01. The van der Waals surface area contributed by atoms with Crippen LogP contribution in [0.5, 0.6) is 0 Å². The summed E-state index contributed by atoms with van der Waals surface area (Å²) in [4.78, 5) is 4.05. The number of imidazole rings is 1. The van der Waals surface area contributed by atoms with E-state index < -0.39 is 0 Å². The van der Waals surface area contributed by atoms with Gasteiger partial charge in [0, 0.05) is 25.0 Å². The summed E-state index contributed by atoms with van der Waals surface area (Å²) in [6.45, 7) is 6.76. The number of nitrogens with one attached hydrogen (secondary N) is 2. The summed E-state index contributed by atoms with van der Waals surface area (Å²) in [5.41, 5.74) is 0. The molecule has 1 aromatic rings. The third-order valence-electron chi connectivity index (χ3n) is 3.26. The molecular formula is C12H22N4. The predicted molar refractivity (Wildman–Crippen MR) is 65.3 cm³/mol. The Morgan fingerprint density at radius 1 is 1.50 bits per heavy atom. The molecule has 1 aliphatic rings. The van der Waals surface area contributed by atoms with Crippen LogP contribution in [-0.4, -0.2) is 35.2 Å². The molecule has 0 bridgehead atoms. The average Bonchev–Trinajstić information content (AvgIpc) is 2.81. The summed E-state index contributed by atoms with van der Waals surface area (Å²) in [7, 11) is 0. The zero-order chi connectivity index (χ0) is 11.2. The third kappa shape index (κ3) is 3.61. The van der Waals surface area contributed by atoms with Gasteiger partial charge in [-0.3, -0.25) is 0 Å². The molecule has 2 N–H and O–H groups in total. The normalized spacial score (nSPS) is 19.8. The molecule has 0 aromatic carbocycles. The van der Waals surface area contributed by atoms with E-state index in [0.29, 0.717) is 6.04 Å². The van der Waals surface area contributed by atoms with Crippen LogP contribution in [0.15, 0.2) is 18.7 Å². The lowest BCUT2D eigenvalue weighted by Gasteiger charge is -2.24. The molecule has 1 aliphatic heterocycles. The van der Waals surface area contributed by atoms with E-state index in [-0.39, 0.29) is 0 Å². The molecule has 4 heteroatoms. The Labute approximate surface area is 97.4 Å². The molecule has 2 heterocycles. The smallest absolute Gasteiger partial charge is 0.0946 e. The van der Waals surface area contributed by atoms with E-state index in [0.717, 1.165) is 19.0 Å². The topological polar surface area (TPSA) is 41.9 Å². The van der Waals surface area contributed by atoms with E-state index in [4.69, 9.17) is 0 Å². The van der Waals surface area contributed by atoms with Crippen molar-refractivity contribution in [2.24, 2.45) is 5.92 Å². The number of hydrogen-bond donors (Lipinski definition) is 2. The van der Waals surface area contributed by atoms with Gasteiger partial charge in [-0.05, 0) is 45.3 Å². The van der Waals surface area contributed by atoms with Gasteiger partial charge >= 0.3 is 0 Å². The molecule has 1 fully saturated rings. The highest BCUT2D eigenvalue weighted by atomic mass is 15.1. The van der Waals surface area contributed by atoms with Crippen molar-refractivity contribution in [2.45, 2.75) is 32.4 Å². The van der Waals surface area contributed by atoms with Gasteiger partial charge in [-0.15, -0.1) is 0 Å². The van der Waals surface area contributed by atoms with Crippen molar-refractivity contribution < 1.29 is 0 Å². The van der Waals surface area contributed by atoms with Crippen molar-refractivity contribution in [2.75, 3.05) is 19.6 Å². The molecule has 0 radical (unpaired) electrons. The van der Waals surface area contributed by atoms with Gasteiger partial charge in [0.15, 0.2) is 0 Å². The highest BCUT2D eigenvalue weighted by molar-refractivity contribution is 4.77. The molecule has 4 nitrogen and oxygen atoms in total.